The van der Waals surface area contributed by atoms with Gasteiger partial charge in [0.25, 0.3) is 0 Å². The summed E-state index contributed by atoms with van der Waals surface area (Å²) in [6, 6.07) is 1.69. The molecule has 0 bridgehead atoms. The number of hydrogen-bond donors (Lipinski definition) is 2. The molecule has 1 aliphatic rings. The van der Waals surface area contributed by atoms with Crippen LogP contribution in [0.5, 0.6) is 0 Å². The molecule has 1 amide bonds. The third-order valence-corrected chi connectivity index (χ3v) is 4.76. The fourth-order valence-electron chi connectivity index (χ4n) is 2.52. The first-order valence-corrected chi connectivity index (χ1v) is 9.70. The molecule has 2 N–H and O–H groups in total. The van der Waals surface area contributed by atoms with E-state index in [1.807, 2.05) is 0 Å². The van der Waals surface area contributed by atoms with Gasteiger partial charge < -0.3 is 10.6 Å². The van der Waals surface area contributed by atoms with Crippen molar-refractivity contribution in [2.45, 2.75) is 32.2 Å². The van der Waals surface area contributed by atoms with E-state index in [4.69, 9.17) is 0 Å². The molecule has 0 aromatic carbocycles. The molecule has 1 aliphatic heterocycles. The maximum absolute atomic E-state index is 11.9. The second-order valence-corrected chi connectivity index (χ2v) is 8.13. The Balaban J connectivity index is 1.73. The summed E-state index contributed by atoms with van der Waals surface area (Å²) in [5, 5.41) is 10.2. The van der Waals surface area contributed by atoms with Crippen LogP contribution < -0.4 is 10.6 Å². The molecular formula is C14H24N4O3S. The van der Waals surface area contributed by atoms with E-state index in [9.17, 15) is 13.2 Å². The molecular weight excluding hydrogens is 304 g/mol. The molecule has 1 saturated heterocycles. The SMILES string of the molecule is CS(=O)(=O)CCn1ccc(NC(=O)CCC2CCNCC2)n1. The van der Waals surface area contributed by atoms with Gasteiger partial charge in [-0.25, -0.2) is 8.42 Å². The Kier molecular flexibility index (Phi) is 5.96. The van der Waals surface area contributed by atoms with Gasteiger partial charge in [0.2, 0.25) is 5.91 Å². The van der Waals surface area contributed by atoms with E-state index in [1.54, 1.807) is 12.3 Å². The molecule has 1 aromatic heterocycles. The summed E-state index contributed by atoms with van der Waals surface area (Å²) < 4.78 is 23.7. The Hall–Kier alpha value is -1.41. The van der Waals surface area contributed by atoms with E-state index in [0.29, 0.717) is 24.7 Å². The van der Waals surface area contributed by atoms with Crippen molar-refractivity contribution in [2.24, 2.45) is 5.92 Å². The van der Waals surface area contributed by atoms with E-state index < -0.39 is 9.84 Å². The van der Waals surface area contributed by atoms with Gasteiger partial charge in [0, 0.05) is 24.9 Å². The van der Waals surface area contributed by atoms with E-state index >= 15 is 0 Å². The molecule has 2 rings (SSSR count). The number of aryl methyl sites for hydroxylation is 1. The number of hydrogen-bond acceptors (Lipinski definition) is 5. The highest BCUT2D eigenvalue weighted by atomic mass is 32.2. The summed E-state index contributed by atoms with van der Waals surface area (Å²) in [4.78, 5) is 11.9. The molecule has 2 heterocycles. The zero-order valence-corrected chi connectivity index (χ0v) is 13.7. The van der Waals surface area contributed by atoms with Crippen molar-refractivity contribution in [3.05, 3.63) is 12.3 Å². The van der Waals surface area contributed by atoms with E-state index in [1.165, 1.54) is 10.9 Å². The highest BCUT2D eigenvalue weighted by Crippen LogP contribution is 2.18. The lowest BCUT2D eigenvalue weighted by Crippen LogP contribution is -2.28. The smallest absolute Gasteiger partial charge is 0.225 e. The van der Waals surface area contributed by atoms with Gasteiger partial charge in [-0.05, 0) is 38.3 Å². The summed E-state index contributed by atoms with van der Waals surface area (Å²) in [5.41, 5.74) is 0. The van der Waals surface area contributed by atoms with Crippen LogP contribution in [0.3, 0.4) is 0 Å². The van der Waals surface area contributed by atoms with Gasteiger partial charge in [-0.1, -0.05) is 0 Å². The van der Waals surface area contributed by atoms with Crippen LogP contribution in [0.2, 0.25) is 0 Å². The lowest BCUT2D eigenvalue weighted by atomic mass is 9.93. The van der Waals surface area contributed by atoms with Gasteiger partial charge in [0.1, 0.15) is 9.84 Å². The minimum Gasteiger partial charge on any atom is -0.317 e. The van der Waals surface area contributed by atoms with Crippen LogP contribution in [-0.2, 0) is 21.2 Å². The van der Waals surface area contributed by atoms with Crippen LogP contribution in [0.4, 0.5) is 5.82 Å². The third kappa shape index (κ3) is 6.15. The van der Waals surface area contributed by atoms with Gasteiger partial charge in [-0.15, -0.1) is 0 Å². The predicted octanol–water partition coefficient (Wildman–Crippen LogP) is 0.646. The molecule has 0 saturated carbocycles. The van der Waals surface area contributed by atoms with Crippen LogP contribution in [0, 0.1) is 5.92 Å². The lowest BCUT2D eigenvalue weighted by molar-refractivity contribution is -0.116. The van der Waals surface area contributed by atoms with Crippen LogP contribution in [0.15, 0.2) is 12.3 Å². The van der Waals surface area contributed by atoms with Crippen molar-refractivity contribution in [2.75, 3.05) is 30.4 Å². The van der Waals surface area contributed by atoms with Gasteiger partial charge in [-0.3, -0.25) is 9.48 Å². The van der Waals surface area contributed by atoms with E-state index in [0.717, 1.165) is 32.4 Å². The number of rotatable bonds is 7. The molecule has 7 nitrogen and oxygen atoms in total. The fourth-order valence-corrected chi connectivity index (χ4v) is 3.04. The number of anilines is 1. The number of nitrogens with zero attached hydrogens (tertiary/aromatic N) is 2. The van der Waals surface area contributed by atoms with E-state index in [-0.39, 0.29) is 11.7 Å². The minimum atomic E-state index is -3.01. The number of carbonyl (C=O) groups is 1. The number of aromatic nitrogens is 2. The lowest BCUT2D eigenvalue weighted by Gasteiger charge is -2.21. The van der Waals surface area contributed by atoms with Crippen molar-refractivity contribution >= 4 is 21.6 Å². The average molecular weight is 328 g/mol. The maximum atomic E-state index is 11.9. The van der Waals surface area contributed by atoms with Crippen molar-refractivity contribution in [1.29, 1.82) is 0 Å². The number of piperidine rings is 1. The normalized spacial score (nSPS) is 16.6. The fraction of sp³-hybridized carbons (Fsp3) is 0.714. The molecule has 22 heavy (non-hydrogen) atoms. The maximum Gasteiger partial charge on any atom is 0.225 e. The van der Waals surface area contributed by atoms with Gasteiger partial charge in [0.05, 0.1) is 12.3 Å². The summed E-state index contributed by atoms with van der Waals surface area (Å²) in [7, 11) is -3.01. The van der Waals surface area contributed by atoms with Gasteiger partial charge >= 0.3 is 0 Å². The number of nitrogens with one attached hydrogen (secondary N) is 2. The Morgan fingerprint density at radius 1 is 1.45 bits per heavy atom. The standard InChI is InChI=1S/C14H24N4O3S/c1-22(20,21)11-10-18-9-6-13(17-18)16-14(19)3-2-12-4-7-15-8-5-12/h6,9,12,15H,2-5,7-8,10-11H2,1H3,(H,16,17,19). The Labute approximate surface area is 131 Å². The summed E-state index contributed by atoms with van der Waals surface area (Å²) >= 11 is 0. The topological polar surface area (TPSA) is 93.1 Å². The monoisotopic (exact) mass is 328 g/mol. The zero-order chi connectivity index (χ0) is 16.0. The second kappa shape index (κ2) is 7.73. The molecule has 0 aliphatic carbocycles. The quantitative estimate of drug-likeness (QED) is 0.766. The number of sulfone groups is 1. The molecule has 1 aromatic rings. The molecule has 0 unspecified atom stereocenters. The van der Waals surface area contributed by atoms with Crippen LogP contribution >= 0.6 is 0 Å². The van der Waals surface area contributed by atoms with Gasteiger partial charge in [0.15, 0.2) is 5.82 Å². The average Bonchev–Trinajstić information content (AvgIpc) is 2.91. The predicted molar refractivity (Wildman–Crippen MR) is 85.4 cm³/mol. The molecule has 124 valence electrons. The summed E-state index contributed by atoms with van der Waals surface area (Å²) in [5.74, 6) is 1.10. The zero-order valence-electron chi connectivity index (χ0n) is 12.9. The first-order chi connectivity index (χ1) is 10.4. The second-order valence-electron chi connectivity index (χ2n) is 5.87. The van der Waals surface area contributed by atoms with Crippen molar-refractivity contribution in [3.8, 4) is 0 Å². The first-order valence-electron chi connectivity index (χ1n) is 7.64. The Morgan fingerprint density at radius 2 is 2.18 bits per heavy atom. The first kappa shape index (κ1) is 17.0. The molecule has 1 fully saturated rings. The molecule has 0 atom stereocenters. The van der Waals surface area contributed by atoms with E-state index in [2.05, 4.69) is 15.7 Å². The van der Waals surface area contributed by atoms with Gasteiger partial charge in [-0.2, -0.15) is 5.10 Å². The van der Waals surface area contributed by atoms with Crippen molar-refractivity contribution < 1.29 is 13.2 Å². The minimum absolute atomic E-state index is 0.0353. The summed E-state index contributed by atoms with van der Waals surface area (Å²) in [6.07, 6.45) is 6.54. The highest BCUT2D eigenvalue weighted by Gasteiger charge is 2.15. The third-order valence-electron chi connectivity index (χ3n) is 3.84. The number of carbonyl (C=O) groups excluding carboxylic acids is 1. The van der Waals surface area contributed by atoms with Crippen LogP contribution in [0.1, 0.15) is 25.7 Å². The molecule has 0 radical (unpaired) electrons. The van der Waals surface area contributed by atoms with Crippen molar-refractivity contribution in [3.63, 3.8) is 0 Å². The molecule has 0 spiro atoms. The van der Waals surface area contributed by atoms with Crippen LogP contribution in [0.25, 0.3) is 0 Å². The Morgan fingerprint density at radius 3 is 2.86 bits per heavy atom. The summed E-state index contributed by atoms with van der Waals surface area (Å²) in [6.45, 7) is 2.37. The Bertz CT molecular complexity index is 591. The number of amides is 1. The highest BCUT2D eigenvalue weighted by molar-refractivity contribution is 7.90. The van der Waals surface area contributed by atoms with Crippen LogP contribution in [-0.4, -0.2) is 49.2 Å². The van der Waals surface area contributed by atoms with Crippen molar-refractivity contribution in [1.82, 2.24) is 15.1 Å². The molecule has 8 heteroatoms. The largest absolute Gasteiger partial charge is 0.317 e.